The highest BCUT2D eigenvalue weighted by Crippen LogP contribution is 2.16. The van der Waals surface area contributed by atoms with E-state index in [0.717, 1.165) is 0 Å². The molecule has 0 aliphatic heterocycles. The van der Waals surface area contributed by atoms with E-state index in [2.05, 4.69) is 20.2 Å². The molecule has 1 aromatic heterocycles. The van der Waals surface area contributed by atoms with Gasteiger partial charge in [0, 0.05) is 5.02 Å². The van der Waals surface area contributed by atoms with E-state index in [1.165, 1.54) is 23.9 Å². The van der Waals surface area contributed by atoms with Gasteiger partial charge in [-0.25, -0.2) is 13.1 Å². The highest BCUT2D eigenvalue weighted by atomic mass is 35.5. The van der Waals surface area contributed by atoms with Crippen molar-refractivity contribution in [1.29, 1.82) is 0 Å². The van der Waals surface area contributed by atoms with Crippen LogP contribution in [0.4, 0.5) is 0 Å². The molecule has 25 heavy (non-hydrogen) atoms. The number of rotatable bonds is 6. The molecule has 1 heterocycles. The second-order valence-electron chi connectivity index (χ2n) is 4.98. The molecule has 3 rings (SSSR count). The second-order valence-corrected chi connectivity index (χ2v) is 7.19. The average molecular weight is 380 g/mol. The zero-order valence-electron chi connectivity index (χ0n) is 13.1. The molecule has 3 aromatic rings. The van der Waals surface area contributed by atoms with Gasteiger partial charge in [-0.3, -0.25) is 0 Å². The van der Waals surface area contributed by atoms with Crippen LogP contribution in [0.25, 0.3) is 5.69 Å². The molecule has 0 amide bonds. The molecule has 0 saturated heterocycles. The van der Waals surface area contributed by atoms with Crippen molar-refractivity contribution in [2.45, 2.75) is 11.4 Å². The fourth-order valence-corrected chi connectivity index (χ4v) is 3.20. The Hall–Kier alpha value is -2.49. The van der Waals surface area contributed by atoms with Crippen molar-refractivity contribution in [1.82, 2.24) is 24.9 Å². The predicted octanol–water partition coefficient (Wildman–Crippen LogP) is 1.80. The number of sulfonamides is 1. The number of benzene rings is 2. The van der Waals surface area contributed by atoms with Gasteiger partial charge in [0.15, 0.2) is 5.82 Å². The van der Waals surface area contributed by atoms with E-state index in [9.17, 15) is 8.42 Å². The van der Waals surface area contributed by atoms with Crippen LogP contribution < -0.4 is 9.46 Å². The number of aromatic nitrogens is 4. The van der Waals surface area contributed by atoms with Gasteiger partial charge in [-0.05, 0) is 59.0 Å². The van der Waals surface area contributed by atoms with Crippen LogP contribution in [0.3, 0.4) is 0 Å². The summed E-state index contributed by atoms with van der Waals surface area (Å²) in [5.41, 5.74) is 0.674. The van der Waals surface area contributed by atoms with Crippen molar-refractivity contribution in [2.75, 3.05) is 7.11 Å². The maximum Gasteiger partial charge on any atom is 0.240 e. The first kappa shape index (κ1) is 17.3. The Morgan fingerprint density at radius 1 is 1.12 bits per heavy atom. The van der Waals surface area contributed by atoms with Gasteiger partial charge in [-0.15, -0.1) is 5.10 Å². The molecule has 0 spiro atoms. The van der Waals surface area contributed by atoms with Crippen molar-refractivity contribution >= 4 is 21.6 Å². The van der Waals surface area contributed by atoms with E-state index in [1.807, 2.05) is 0 Å². The largest absolute Gasteiger partial charge is 0.497 e. The number of nitrogens with one attached hydrogen (secondary N) is 1. The maximum absolute atomic E-state index is 12.4. The Morgan fingerprint density at radius 3 is 2.44 bits per heavy atom. The summed E-state index contributed by atoms with van der Waals surface area (Å²) in [5, 5.41) is 11.9. The summed E-state index contributed by atoms with van der Waals surface area (Å²) in [6.07, 6.45) is 0. The quantitative estimate of drug-likeness (QED) is 0.701. The Morgan fingerprint density at radius 2 is 1.80 bits per heavy atom. The summed E-state index contributed by atoms with van der Waals surface area (Å²) in [6, 6.07) is 12.9. The monoisotopic (exact) mass is 379 g/mol. The van der Waals surface area contributed by atoms with E-state index < -0.39 is 10.0 Å². The minimum Gasteiger partial charge on any atom is -0.497 e. The number of methoxy groups -OCH3 is 1. The molecule has 2 aromatic carbocycles. The van der Waals surface area contributed by atoms with Gasteiger partial charge in [-0.1, -0.05) is 11.6 Å². The van der Waals surface area contributed by atoms with Crippen molar-refractivity contribution in [3.63, 3.8) is 0 Å². The highest BCUT2D eigenvalue weighted by Gasteiger charge is 2.16. The number of tetrazole rings is 1. The molecule has 0 radical (unpaired) electrons. The standard InChI is InChI=1S/C15H14ClN5O3S/c1-24-13-6-8-14(9-7-13)25(22,23)17-10-15-18-19-20-21(15)12-4-2-11(16)3-5-12/h2-9,17H,10H2,1H3. The van der Waals surface area contributed by atoms with E-state index in [-0.39, 0.29) is 11.4 Å². The van der Waals surface area contributed by atoms with Gasteiger partial charge in [0.05, 0.1) is 24.2 Å². The zero-order valence-corrected chi connectivity index (χ0v) is 14.7. The predicted molar refractivity (Wildman–Crippen MR) is 91.2 cm³/mol. The second kappa shape index (κ2) is 7.18. The third-order valence-corrected chi connectivity index (χ3v) is 5.06. The normalized spacial score (nSPS) is 11.4. The van der Waals surface area contributed by atoms with Crippen LogP contribution in [0.1, 0.15) is 5.82 Å². The fraction of sp³-hybridized carbons (Fsp3) is 0.133. The molecule has 0 aliphatic rings. The van der Waals surface area contributed by atoms with Gasteiger partial charge in [0.2, 0.25) is 10.0 Å². The van der Waals surface area contributed by atoms with Crippen molar-refractivity contribution in [3.05, 3.63) is 59.4 Å². The fourth-order valence-electron chi connectivity index (χ4n) is 2.10. The van der Waals surface area contributed by atoms with Crippen LogP contribution >= 0.6 is 11.6 Å². The number of ether oxygens (including phenoxy) is 1. The van der Waals surface area contributed by atoms with Crippen LogP contribution in [-0.2, 0) is 16.6 Å². The number of halogens is 1. The van der Waals surface area contributed by atoms with Crippen LogP contribution in [0.5, 0.6) is 5.75 Å². The van der Waals surface area contributed by atoms with Gasteiger partial charge in [-0.2, -0.15) is 4.68 Å². The molecular formula is C15H14ClN5O3S. The third-order valence-electron chi connectivity index (χ3n) is 3.40. The molecule has 0 bridgehead atoms. The molecule has 0 aliphatic carbocycles. The first-order valence-electron chi connectivity index (χ1n) is 7.16. The van der Waals surface area contributed by atoms with E-state index >= 15 is 0 Å². The Balaban J connectivity index is 1.77. The van der Waals surface area contributed by atoms with Crippen molar-refractivity contribution in [3.8, 4) is 11.4 Å². The Bertz CT molecular complexity index is 956. The zero-order chi connectivity index (χ0) is 17.9. The minimum absolute atomic E-state index is 0.0655. The van der Waals surface area contributed by atoms with Crippen LogP contribution in [0, 0.1) is 0 Å². The molecule has 0 saturated carbocycles. The van der Waals surface area contributed by atoms with Gasteiger partial charge in [0.1, 0.15) is 5.75 Å². The van der Waals surface area contributed by atoms with Gasteiger partial charge >= 0.3 is 0 Å². The smallest absolute Gasteiger partial charge is 0.240 e. The summed E-state index contributed by atoms with van der Waals surface area (Å²) in [7, 11) is -2.19. The molecule has 0 unspecified atom stereocenters. The first-order chi connectivity index (χ1) is 12.0. The molecular weight excluding hydrogens is 366 g/mol. The lowest BCUT2D eigenvalue weighted by Crippen LogP contribution is -2.25. The van der Waals surface area contributed by atoms with Gasteiger partial charge < -0.3 is 4.74 Å². The Kier molecular flexibility index (Phi) is 4.98. The van der Waals surface area contributed by atoms with Crippen LogP contribution in [0.15, 0.2) is 53.4 Å². The third kappa shape index (κ3) is 3.95. The summed E-state index contributed by atoms with van der Waals surface area (Å²) < 4.78 is 33.7. The number of nitrogens with zero attached hydrogens (tertiary/aromatic N) is 4. The van der Waals surface area contributed by atoms with E-state index in [0.29, 0.717) is 22.3 Å². The first-order valence-corrected chi connectivity index (χ1v) is 9.02. The van der Waals surface area contributed by atoms with Crippen LogP contribution in [-0.4, -0.2) is 35.7 Å². The molecule has 1 N–H and O–H groups in total. The number of hydrogen-bond donors (Lipinski definition) is 1. The molecule has 0 fully saturated rings. The Labute approximate surface area is 149 Å². The lowest BCUT2D eigenvalue weighted by atomic mass is 10.3. The summed E-state index contributed by atoms with van der Waals surface area (Å²) >= 11 is 5.86. The lowest BCUT2D eigenvalue weighted by molar-refractivity contribution is 0.414. The average Bonchev–Trinajstić information content (AvgIpc) is 3.09. The summed E-state index contributed by atoms with van der Waals surface area (Å²) in [5.74, 6) is 0.921. The molecule has 8 nitrogen and oxygen atoms in total. The van der Waals surface area contributed by atoms with E-state index in [4.69, 9.17) is 16.3 Å². The van der Waals surface area contributed by atoms with Crippen LogP contribution in [0.2, 0.25) is 5.02 Å². The molecule has 0 atom stereocenters. The maximum atomic E-state index is 12.4. The van der Waals surface area contributed by atoms with Crippen molar-refractivity contribution in [2.24, 2.45) is 0 Å². The molecule has 10 heteroatoms. The number of hydrogen-bond acceptors (Lipinski definition) is 6. The lowest BCUT2D eigenvalue weighted by Gasteiger charge is -2.08. The topological polar surface area (TPSA) is 99.0 Å². The van der Waals surface area contributed by atoms with E-state index in [1.54, 1.807) is 36.4 Å². The van der Waals surface area contributed by atoms with Crippen molar-refractivity contribution < 1.29 is 13.2 Å². The highest BCUT2D eigenvalue weighted by molar-refractivity contribution is 7.89. The SMILES string of the molecule is COc1ccc(S(=O)(=O)NCc2nnnn2-c2ccc(Cl)cc2)cc1. The summed E-state index contributed by atoms with van der Waals surface area (Å²) in [6.45, 7) is -0.0655. The summed E-state index contributed by atoms with van der Waals surface area (Å²) in [4.78, 5) is 0.124. The molecule has 130 valence electrons. The minimum atomic E-state index is -3.70. The van der Waals surface area contributed by atoms with Gasteiger partial charge in [0.25, 0.3) is 0 Å².